The number of hydrogen-bond acceptors (Lipinski definition) is 4. The van der Waals surface area contributed by atoms with Gasteiger partial charge in [0.15, 0.2) is 0 Å². The fourth-order valence-corrected chi connectivity index (χ4v) is 2.71. The van der Waals surface area contributed by atoms with Crippen LogP contribution >= 0.6 is 11.6 Å². The van der Waals surface area contributed by atoms with Gasteiger partial charge in [-0.1, -0.05) is 11.6 Å². The van der Waals surface area contributed by atoms with Gasteiger partial charge in [0, 0.05) is 36.8 Å². The van der Waals surface area contributed by atoms with Crippen LogP contribution in [0.1, 0.15) is 12.5 Å². The highest BCUT2D eigenvalue weighted by Gasteiger charge is 2.25. The lowest BCUT2D eigenvalue weighted by atomic mass is 10.1. The molecule has 23 heavy (non-hydrogen) atoms. The summed E-state index contributed by atoms with van der Waals surface area (Å²) >= 11 is 5.99. The standard InChI is InChI=1S/C16H21ClN2O4/c1-3-23-16(21)19-8-6-18(7-9-19)15(20)11-12-10-13(17)4-5-14(12)22-2/h4-5,10H,3,6-9,11H2,1-2H3. The molecule has 1 heterocycles. The predicted octanol–water partition coefficient (Wildman–Crippen LogP) is 2.19. The van der Waals surface area contributed by atoms with Crippen LogP contribution in [-0.2, 0) is 16.0 Å². The first kappa shape index (κ1) is 17.4. The largest absolute Gasteiger partial charge is 0.496 e. The molecule has 1 aliphatic heterocycles. The second-order valence-electron chi connectivity index (χ2n) is 5.20. The Hall–Kier alpha value is -1.95. The molecule has 7 heteroatoms. The van der Waals surface area contributed by atoms with Gasteiger partial charge in [-0.15, -0.1) is 0 Å². The minimum absolute atomic E-state index is 0.00549. The molecule has 1 aromatic carbocycles. The number of carbonyl (C=O) groups is 2. The van der Waals surface area contributed by atoms with E-state index in [2.05, 4.69) is 0 Å². The molecule has 0 unspecified atom stereocenters. The average Bonchev–Trinajstić information content (AvgIpc) is 2.55. The summed E-state index contributed by atoms with van der Waals surface area (Å²) in [4.78, 5) is 27.5. The van der Waals surface area contributed by atoms with E-state index in [0.29, 0.717) is 43.6 Å². The third kappa shape index (κ3) is 4.51. The Morgan fingerprint density at radius 3 is 2.43 bits per heavy atom. The number of nitrogens with zero attached hydrogens (tertiary/aromatic N) is 2. The van der Waals surface area contributed by atoms with Crippen molar-refractivity contribution >= 4 is 23.6 Å². The summed E-state index contributed by atoms with van der Waals surface area (Å²) in [5.41, 5.74) is 0.762. The lowest BCUT2D eigenvalue weighted by Crippen LogP contribution is -2.51. The van der Waals surface area contributed by atoms with E-state index >= 15 is 0 Å². The number of methoxy groups -OCH3 is 1. The number of hydrogen-bond donors (Lipinski definition) is 0. The van der Waals surface area contributed by atoms with Crippen LogP contribution in [-0.4, -0.2) is 61.7 Å². The van der Waals surface area contributed by atoms with Crippen LogP contribution in [0.25, 0.3) is 0 Å². The van der Waals surface area contributed by atoms with Gasteiger partial charge in [0.2, 0.25) is 5.91 Å². The summed E-state index contributed by atoms with van der Waals surface area (Å²) in [5, 5.41) is 0.570. The Balaban J connectivity index is 1.93. The van der Waals surface area contributed by atoms with Crippen molar-refractivity contribution in [1.29, 1.82) is 0 Å². The summed E-state index contributed by atoms with van der Waals surface area (Å²) in [6, 6.07) is 5.23. The molecule has 126 valence electrons. The third-order valence-electron chi connectivity index (χ3n) is 3.74. The fraction of sp³-hybridized carbons (Fsp3) is 0.500. The average molecular weight is 341 g/mol. The van der Waals surface area contributed by atoms with Gasteiger partial charge < -0.3 is 19.3 Å². The molecular formula is C16H21ClN2O4. The first-order valence-electron chi connectivity index (χ1n) is 7.57. The summed E-state index contributed by atoms with van der Waals surface area (Å²) in [6.45, 7) is 4.10. The molecule has 0 N–H and O–H groups in total. The van der Waals surface area contributed by atoms with Gasteiger partial charge in [-0.2, -0.15) is 0 Å². The molecule has 1 saturated heterocycles. The highest BCUT2D eigenvalue weighted by molar-refractivity contribution is 6.30. The normalized spacial score (nSPS) is 14.6. The maximum absolute atomic E-state index is 12.4. The van der Waals surface area contributed by atoms with Gasteiger partial charge in [-0.3, -0.25) is 4.79 Å². The van der Waals surface area contributed by atoms with Crippen molar-refractivity contribution in [2.75, 3.05) is 39.9 Å². The summed E-state index contributed by atoms with van der Waals surface area (Å²) < 4.78 is 10.2. The van der Waals surface area contributed by atoms with Crippen LogP contribution in [0.5, 0.6) is 5.75 Å². The lowest BCUT2D eigenvalue weighted by molar-refractivity contribution is -0.132. The SMILES string of the molecule is CCOC(=O)N1CCN(C(=O)Cc2cc(Cl)ccc2OC)CC1. The number of rotatable bonds is 4. The molecule has 2 rings (SSSR count). The van der Waals surface area contributed by atoms with Crippen molar-refractivity contribution in [2.45, 2.75) is 13.3 Å². The number of halogens is 1. The van der Waals surface area contributed by atoms with Crippen LogP contribution in [0.15, 0.2) is 18.2 Å². The van der Waals surface area contributed by atoms with Crippen molar-refractivity contribution in [2.24, 2.45) is 0 Å². The number of ether oxygens (including phenoxy) is 2. The zero-order chi connectivity index (χ0) is 16.8. The minimum Gasteiger partial charge on any atom is -0.496 e. The molecular weight excluding hydrogens is 320 g/mol. The molecule has 0 radical (unpaired) electrons. The maximum Gasteiger partial charge on any atom is 0.409 e. The zero-order valence-electron chi connectivity index (χ0n) is 13.4. The molecule has 1 aliphatic rings. The van der Waals surface area contributed by atoms with E-state index in [1.807, 2.05) is 0 Å². The monoisotopic (exact) mass is 340 g/mol. The van der Waals surface area contributed by atoms with Crippen molar-refractivity contribution in [3.8, 4) is 5.75 Å². The molecule has 0 bridgehead atoms. The van der Waals surface area contributed by atoms with E-state index in [4.69, 9.17) is 21.1 Å². The predicted molar refractivity (Wildman–Crippen MR) is 86.9 cm³/mol. The smallest absolute Gasteiger partial charge is 0.409 e. The Kier molecular flexibility index (Phi) is 6.10. The number of amides is 2. The molecule has 0 saturated carbocycles. The second kappa shape index (κ2) is 8.06. The van der Waals surface area contributed by atoms with Crippen LogP contribution in [0, 0.1) is 0 Å². The van der Waals surface area contributed by atoms with Crippen molar-refractivity contribution in [3.63, 3.8) is 0 Å². The molecule has 1 aromatic rings. The van der Waals surface area contributed by atoms with Crippen molar-refractivity contribution < 1.29 is 19.1 Å². The fourth-order valence-electron chi connectivity index (χ4n) is 2.51. The van der Waals surface area contributed by atoms with Crippen LogP contribution in [0.2, 0.25) is 5.02 Å². The molecule has 6 nitrogen and oxygen atoms in total. The molecule has 0 aliphatic carbocycles. The number of piperazine rings is 1. The highest BCUT2D eigenvalue weighted by Crippen LogP contribution is 2.23. The number of benzene rings is 1. The van der Waals surface area contributed by atoms with E-state index in [0.717, 1.165) is 5.56 Å². The number of carbonyl (C=O) groups excluding carboxylic acids is 2. The van der Waals surface area contributed by atoms with Crippen molar-refractivity contribution in [3.05, 3.63) is 28.8 Å². The Labute approximate surface area is 140 Å². The molecule has 0 atom stereocenters. The van der Waals surface area contributed by atoms with Gasteiger partial charge in [0.1, 0.15) is 5.75 Å². The summed E-state index contributed by atoms with van der Waals surface area (Å²) in [7, 11) is 1.56. The van der Waals surface area contributed by atoms with Crippen LogP contribution < -0.4 is 4.74 Å². The highest BCUT2D eigenvalue weighted by atomic mass is 35.5. The topological polar surface area (TPSA) is 59.1 Å². The minimum atomic E-state index is -0.323. The summed E-state index contributed by atoms with van der Waals surface area (Å²) in [5.74, 6) is 0.641. The van der Waals surface area contributed by atoms with Gasteiger partial charge in [0.25, 0.3) is 0 Å². The van der Waals surface area contributed by atoms with Gasteiger partial charge in [-0.05, 0) is 25.1 Å². The first-order valence-corrected chi connectivity index (χ1v) is 7.94. The molecule has 1 fully saturated rings. The van der Waals surface area contributed by atoms with Gasteiger partial charge in [-0.25, -0.2) is 4.79 Å². The second-order valence-corrected chi connectivity index (χ2v) is 5.64. The first-order chi connectivity index (χ1) is 11.0. The van der Waals surface area contributed by atoms with E-state index in [-0.39, 0.29) is 18.4 Å². The van der Waals surface area contributed by atoms with E-state index in [9.17, 15) is 9.59 Å². The van der Waals surface area contributed by atoms with Crippen molar-refractivity contribution in [1.82, 2.24) is 9.80 Å². The van der Waals surface area contributed by atoms with Crippen LogP contribution in [0.3, 0.4) is 0 Å². The Morgan fingerprint density at radius 2 is 1.83 bits per heavy atom. The quantitative estimate of drug-likeness (QED) is 0.843. The lowest BCUT2D eigenvalue weighted by Gasteiger charge is -2.34. The summed E-state index contributed by atoms with van der Waals surface area (Å²) in [6.07, 6.45) is -0.0977. The van der Waals surface area contributed by atoms with E-state index in [1.54, 1.807) is 42.0 Å². The Morgan fingerprint density at radius 1 is 1.17 bits per heavy atom. The van der Waals surface area contributed by atoms with Crippen LogP contribution in [0.4, 0.5) is 4.79 Å². The maximum atomic E-state index is 12.4. The van der Waals surface area contributed by atoms with E-state index < -0.39 is 0 Å². The van der Waals surface area contributed by atoms with E-state index in [1.165, 1.54) is 0 Å². The Bertz CT molecular complexity index is 571. The molecule has 0 aromatic heterocycles. The van der Waals surface area contributed by atoms with Gasteiger partial charge in [0.05, 0.1) is 20.1 Å². The third-order valence-corrected chi connectivity index (χ3v) is 3.98. The van der Waals surface area contributed by atoms with Gasteiger partial charge >= 0.3 is 6.09 Å². The molecule has 2 amide bonds. The zero-order valence-corrected chi connectivity index (χ0v) is 14.1. The molecule has 0 spiro atoms.